The first-order valence-corrected chi connectivity index (χ1v) is 10.8. The maximum atomic E-state index is 6.28. The molecule has 0 atom stereocenters. The number of nitrogens with two attached hydrogens (primary N) is 1. The van der Waals surface area contributed by atoms with Gasteiger partial charge in [0.15, 0.2) is 0 Å². The summed E-state index contributed by atoms with van der Waals surface area (Å²) >= 11 is 0. The first kappa shape index (κ1) is 20.3. The van der Waals surface area contributed by atoms with Gasteiger partial charge in [0.1, 0.15) is 5.75 Å². The topological polar surface area (TPSA) is 81.2 Å². The minimum Gasteiger partial charge on any atom is -0.494 e. The molecule has 0 unspecified atom stereocenters. The van der Waals surface area contributed by atoms with Gasteiger partial charge in [-0.15, -0.1) is 0 Å². The average molecular weight is 429 g/mol. The number of para-hydroxylation sites is 1. The minimum absolute atomic E-state index is 0.0468. The summed E-state index contributed by atoms with van der Waals surface area (Å²) < 4.78 is 7.77. The van der Waals surface area contributed by atoms with Crippen LogP contribution < -0.4 is 20.7 Å². The van der Waals surface area contributed by atoms with E-state index in [1.165, 1.54) is 5.52 Å². The Hall–Kier alpha value is -3.58. The third kappa shape index (κ3) is 3.87. The van der Waals surface area contributed by atoms with Gasteiger partial charge in [0.05, 0.1) is 18.5 Å². The molecule has 4 aromatic rings. The number of benzene rings is 2. The number of likely N-dealkylation sites (N-methyl/N-ethyl adjacent to an activating group) is 1. The second-order valence-electron chi connectivity index (χ2n) is 8.66. The first-order valence-electron chi connectivity index (χ1n) is 10.8. The molecule has 0 bridgehead atoms. The first-order chi connectivity index (χ1) is 15.5. The van der Waals surface area contributed by atoms with Crippen LogP contribution in [0.2, 0.25) is 0 Å². The Morgan fingerprint density at radius 3 is 2.78 bits per heavy atom. The number of aromatic nitrogens is 3. The summed E-state index contributed by atoms with van der Waals surface area (Å²) in [4.78, 5) is 11.4. The molecule has 2 aromatic heterocycles. The summed E-state index contributed by atoms with van der Waals surface area (Å²) in [5.41, 5.74) is 11.2. The number of methoxy groups -OCH3 is 1. The van der Waals surface area contributed by atoms with Crippen molar-refractivity contribution in [3.63, 3.8) is 0 Å². The van der Waals surface area contributed by atoms with Crippen LogP contribution in [0.5, 0.6) is 5.75 Å². The van der Waals surface area contributed by atoms with Crippen LogP contribution in [0.1, 0.15) is 12.8 Å². The third-order valence-corrected chi connectivity index (χ3v) is 6.15. The highest BCUT2D eigenvalue weighted by atomic mass is 16.5. The van der Waals surface area contributed by atoms with E-state index in [-0.39, 0.29) is 5.54 Å². The van der Waals surface area contributed by atoms with E-state index in [1.807, 2.05) is 37.4 Å². The number of nitrogens with zero attached hydrogens (tertiary/aromatic N) is 4. The predicted molar refractivity (Wildman–Crippen MR) is 130 cm³/mol. The highest BCUT2D eigenvalue weighted by Crippen LogP contribution is 2.36. The Labute approximate surface area is 187 Å². The molecule has 7 nitrogen and oxygen atoms in total. The van der Waals surface area contributed by atoms with Gasteiger partial charge in [0.2, 0.25) is 5.95 Å². The number of nitrogens with one attached hydrogen (secondary N) is 1. The Morgan fingerprint density at radius 2 is 2.00 bits per heavy atom. The normalized spacial score (nSPS) is 14.4. The summed E-state index contributed by atoms with van der Waals surface area (Å²) in [6.07, 6.45) is 6.04. The van der Waals surface area contributed by atoms with Crippen molar-refractivity contribution < 1.29 is 4.74 Å². The standard InChI is InChI=1S/C25H28N6O/c1-30-15-19(18-6-4-5-7-22(18)30)20-10-13-27-24(28-20)29-21-9-8-17(14-23(21)32-3)31(2)16-25(26)11-12-25/h4-10,13-15H,11-12,16,26H2,1-3H3,(H,27,28,29). The number of hydrogen-bond donors (Lipinski definition) is 2. The van der Waals surface area contributed by atoms with E-state index < -0.39 is 0 Å². The monoisotopic (exact) mass is 428 g/mol. The minimum atomic E-state index is -0.0468. The zero-order chi connectivity index (χ0) is 22.3. The Morgan fingerprint density at radius 1 is 1.19 bits per heavy atom. The van der Waals surface area contributed by atoms with E-state index in [2.05, 4.69) is 51.2 Å². The largest absolute Gasteiger partial charge is 0.494 e. The number of fused-ring (bicyclic) bond motifs is 1. The molecule has 1 aliphatic carbocycles. The SMILES string of the molecule is COc1cc(N(C)CC2(N)CC2)ccc1Nc1nccc(-c2cn(C)c3ccccc23)n1. The maximum absolute atomic E-state index is 6.28. The number of ether oxygens (including phenoxy) is 1. The molecule has 1 saturated carbocycles. The molecule has 0 aliphatic heterocycles. The van der Waals surface area contributed by atoms with Gasteiger partial charge in [-0.3, -0.25) is 0 Å². The number of rotatable bonds is 7. The van der Waals surface area contributed by atoms with Gasteiger partial charge in [-0.2, -0.15) is 0 Å². The Bertz CT molecular complexity index is 1280. The van der Waals surface area contributed by atoms with Crippen LogP contribution in [-0.2, 0) is 7.05 Å². The summed E-state index contributed by atoms with van der Waals surface area (Å²) in [5, 5.41) is 4.48. The number of anilines is 3. The van der Waals surface area contributed by atoms with E-state index >= 15 is 0 Å². The maximum Gasteiger partial charge on any atom is 0.227 e. The van der Waals surface area contributed by atoms with Gasteiger partial charge in [-0.1, -0.05) is 18.2 Å². The molecule has 0 radical (unpaired) electrons. The molecule has 3 N–H and O–H groups in total. The smallest absolute Gasteiger partial charge is 0.227 e. The van der Waals surface area contributed by atoms with Crippen molar-refractivity contribution in [3.8, 4) is 17.0 Å². The van der Waals surface area contributed by atoms with Crippen LogP contribution in [-0.4, -0.2) is 40.8 Å². The van der Waals surface area contributed by atoms with Crippen LogP contribution in [0, 0.1) is 0 Å². The van der Waals surface area contributed by atoms with Gasteiger partial charge in [0.25, 0.3) is 0 Å². The molecule has 0 amide bonds. The van der Waals surface area contributed by atoms with Crippen LogP contribution in [0.25, 0.3) is 22.2 Å². The zero-order valence-electron chi connectivity index (χ0n) is 18.7. The average Bonchev–Trinajstić information content (AvgIpc) is 3.43. The van der Waals surface area contributed by atoms with Gasteiger partial charge < -0.3 is 25.3 Å². The quantitative estimate of drug-likeness (QED) is 0.456. The highest BCUT2D eigenvalue weighted by molar-refractivity contribution is 5.95. The Kier molecular flexibility index (Phi) is 4.98. The van der Waals surface area contributed by atoms with Gasteiger partial charge in [-0.05, 0) is 37.1 Å². The molecule has 0 saturated heterocycles. The molecule has 7 heteroatoms. The zero-order valence-corrected chi connectivity index (χ0v) is 18.7. The molecular weight excluding hydrogens is 400 g/mol. The second-order valence-corrected chi connectivity index (χ2v) is 8.66. The lowest BCUT2D eigenvalue weighted by atomic mass is 10.1. The molecule has 5 rings (SSSR count). The fraction of sp³-hybridized carbons (Fsp3) is 0.280. The number of aryl methyl sites for hydroxylation is 1. The second kappa shape index (κ2) is 7.84. The van der Waals surface area contributed by atoms with Crippen LogP contribution in [0.3, 0.4) is 0 Å². The molecule has 32 heavy (non-hydrogen) atoms. The predicted octanol–water partition coefficient (Wildman–Crippen LogP) is 4.32. The van der Waals surface area contributed by atoms with Gasteiger partial charge >= 0.3 is 0 Å². The van der Waals surface area contributed by atoms with E-state index in [0.717, 1.165) is 53.2 Å². The fourth-order valence-corrected chi connectivity index (χ4v) is 4.14. The lowest BCUT2D eigenvalue weighted by Gasteiger charge is -2.24. The van der Waals surface area contributed by atoms with E-state index in [9.17, 15) is 0 Å². The molecule has 2 heterocycles. The molecule has 1 aliphatic rings. The lowest BCUT2D eigenvalue weighted by Crippen LogP contribution is -2.37. The van der Waals surface area contributed by atoms with Crippen molar-refractivity contribution in [2.75, 3.05) is 30.9 Å². The van der Waals surface area contributed by atoms with Gasteiger partial charge in [0, 0.05) is 66.8 Å². The van der Waals surface area contributed by atoms with Crippen molar-refractivity contribution in [2.24, 2.45) is 12.8 Å². The van der Waals surface area contributed by atoms with Crippen molar-refractivity contribution >= 4 is 28.2 Å². The molecule has 2 aromatic carbocycles. The molecule has 0 spiro atoms. The highest BCUT2D eigenvalue weighted by Gasteiger charge is 2.39. The van der Waals surface area contributed by atoms with Gasteiger partial charge in [-0.25, -0.2) is 9.97 Å². The summed E-state index contributed by atoms with van der Waals surface area (Å²) in [6, 6.07) is 16.3. The molecule has 164 valence electrons. The molecule has 1 fully saturated rings. The van der Waals surface area contributed by atoms with Crippen molar-refractivity contribution in [1.82, 2.24) is 14.5 Å². The van der Waals surface area contributed by atoms with Crippen molar-refractivity contribution in [2.45, 2.75) is 18.4 Å². The number of hydrogen-bond acceptors (Lipinski definition) is 6. The van der Waals surface area contributed by atoms with E-state index in [4.69, 9.17) is 15.5 Å². The summed E-state index contributed by atoms with van der Waals surface area (Å²) in [5.74, 6) is 1.25. The molecular formula is C25H28N6O. The van der Waals surface area contributed by atoms with Crippen LogP contribution >= 0.6 is 0 Å². The van der Waals surface area contributed by atoms with Crippen molar-refractivity contribution in [3.05, 3.63) is 60.9 Å². The third-order valence-electron chi connectivity index (χ3n) is 6.15. The fourth-order valence-electron chi connectivity index (χ4n) is 4.14. The summed E-state index contributed by atoms with van der Waals surface area (Å²) in [6.45, 7) is 0.832. The summed E-state index contributed by atoms with van der Waals surface area (Å²) in [7, 11) is 5.78. The lowest BCUT2D eigenvalue weighted by molar-refractivity contribution is 0.416. The van der Waals surface area contributed by atoms with Crippen LogP contribution in [0.4, 0.5) is 17.3 Å². The van der Waals surface area contributed by atoms with Crippen LogP contribution in [0.15, 0.2) is 60.9 Å². The van der Waals surface area contributed by atoms with E-state index in [1.54, 1.807) is 13.3 Å². The van der Waals surface area contributed by atoms with E-state index in [0.29, 0.717) is 5.95 Å². The van der Waals surface area contributed by atoms with Crippen molar-refractivity contribution in [1.29, 1.82) is 0 Å². The Balaban J connectivity index is 1.42.